The van der Waals surface area contributed by atoms with E-state index in [0.717, 1.165) is 38.8 Å². The Bertz CT molecular complexity index is 817. The number of halogens is 1. The van der Waals surface area contributed by atoms with Crippen molar-refractivity contribution in [1.29, 1.82) is 0 Å². The summed E-state index contributed by atoms with van der Waals surface area (Å²) in [5, 5.41) is 7.25. The number of nitrogens with one attached hydrogen (secondary N) is 1. The summed E-state index contributed by atoms with van der Waals surface area (Å²) in [5.74, 6) is 0.867. The highest BCUT2D eigenvalue weighted by atomic mass is 19.1. The molecule has 0 bridgehead atoms. The average molecular weight is 400 g/mol. The molecule has 2 heterocycles. The van der Waals surface area contributed by atoms with Crippen molar-refractivity contribution >= 4 is 5.91 Å². The molecule has 1 saturated carbocycles. The zero-order valence-corrected chi connectivity index (χ0v) is 16.8. The third kappa shape index (κ3) is 5.41. The normalized spacial score (nSPS) is 21.6. The Morgan fingerprint density at radius 2 is 2.00 bits per heavy atom. The smallest absolute Gasteiger partial charge is 0.234 e. The second-order valence-electron chi connectivity index (χ2n) is 8.30. The molecule has 0 spiro atoms. The van der Waals surface area contributed by atoms with Crippen LogP contribution in [0.25, 0.3) is 11.4 Å². The molecule has 1 aliphatic carbocycles. The number of rotatable bonds is 5. The summed E-state index contributed by atoms with van der Waals surface area (Å²) in [4.78, 5) is 19.2. The van der Waals surface area contributed by atoms with Gasteiger partial charge in [0.25, 0.3) is 0 Å². The lowest BCUT2D eigenvalue weighted by atomic mass is 9.98. The van der Waals surface area contributed by atoms with Gasteiger partial charge in [-0.05, 0) is 44.4 Å². The molecule has 1 unspecified atom stereocenters. The van der Waals surface area contributed by atoms with Gasteiger partial charge in [0.15, 0.2) is 0 Å². The van der Waals surface area contributed by atoms with Gasteiger partial charge in [-0.1, -0.05) is 43.0 Å². The lowest BCUT2D eigenvalue weighted by Gasteiger charge is -2.30. The van der Waals surface area contributed by atoms with E-state index in [0.29, 0.717) is 29.9 Å². The van der Waals surface area contributed by atoms with Crippen molar-refractivity contribution in [1.82, 2.24) is 20.4 Å². The number of hydrogen-bond acceptors (Lipinski definition) is 5. The zero-order chi connectivity index (χ0) is 20.1. The molecule has 1 N–H and O–H groups in total. The molecule has 7 heteroatoms. The summed E-state index contributed by atoms with van der Waals surface area (Å²) in [5.41, 5.74) is 0.607. The van der Waals surface area contributed by atoms with E-state index >= 15 is 0 Å². The van der Waals surface area contributed by atoms with Gasteiger partial charge in [-0.25, -0.2) is 4.39 Å². The molecular weight excluding hydrogens is 371 g/mol. The molecule has 156 valence electrons. The first-order valence-corrected chi connectivity index (χ1v) is 10.8. The molecule has 1 aliphatic heterocycles. The summed E-state index contributed by atoms with van der Waals surface area (Å²) in [6.45, 7) is 2.04. The van der Waals surface area contributed by atoms with Gasteiger partial charge >= 0.3 is 0 Å². The van der Waals surface area contributed by atoms with Crippen LogP contribution in [0.2, 0.25) is 0 Å². The van der Waals surface area contributed by atoms with E-state index in [1.165, 1.54) is 37.8 Å². The van der Waals surface area contributed by atoms with Crippen molar-refractivity contribution in [3.05, 3.63) is 36.0 Å². The van der Waals surface area contributed by atoms with Crippen molar-refractivity contribution in [2.75, 3.05) is 19.6 Å². The number of carbonyl (C=O) groups excluding carboxylic acids is 1. The molecule has 4 rings (SSSR count). The van der Waals surface area contributed by atoms with Gasteiger partial charge in [-0.3, -0.25) is 9.69 Å². The van der Waals surface area contributed by atoms with E-state index in [4.69, 9.17) is 4.52 Å². The number of amides is 1. The lowest BCUT2D eigenvalue weighted by molar-refractivity contribution is -0.123. The number of aromatic nitrogens is 2. The molecular formula is C22H29FN4O2. The molecule has 0 radical (unpaired) electrons. The second kappa shape index (κ2) is 9.48. The van der Waals surface area contributed by atoms with E-state index in [1.807, 2.05) is 0 Å². The van der Waals surface area contributed by atoms with Gasteiger partial charge < -0.3 is 9.84 Å². The highest BCUT2D eigenvalue weighted by molar-refractivity contribution is 5.78. The third-order valence-electron chi connectivity index (χ3n) is 5.97. The fourth-order valence-electron chi connectivity index (χ4n) is 4.45. The standard InChI is InChI=1S/C22H29FN4O2/c23-18-9-5-7-16(13-18)21-25-22(29-26-21)17-8-6-12-27(14-17)15-20(28)24-19-10-3-1-2-4-11-19/h5,7,9,13,17,19H,1-4,6,8,10-12,14-15H2,(H,24,28). The Kier molecular flexibility index (Phi) is 6.54. The van der Waals surface area contributed by atoms with Gasteiger partial charge in [-0.15, -0.1) is 0 Å². The third-order valence-corrected chi connectivity index (χ3v) is 5.97. The number of piperidine rings is 1. The van der Waals surface area contributed by atoms with Crippen molar-refractivity contribution in [3.8, 4) is 11.4 Å². The number of nitrogens with zero attached hydrogens (tertiary/aromatic N) is 3. The Balaban J connectivity index is 1.33. The van der Waals surface area contributed by atoms with Crippen LogP contribution in [0.4, 0.5) is 4.39 Å². The van der Waals surface area contributed by atoms with E-state index in [1.54, 1.807) is 12.1 Å². The van der Waals surface area contributed by atoms with Gasteiger partial charge in [-0.2, -0.15) is 4.98 Å². The molecule has 29 heavy (non-hydrogen) atoms. The molecule has 1 amide bonds. The van der Waals surface area contributed by atoms with Crippen molar-refractivity contribution in [3.63, 3.8) is 0 Å². The van der Waals surface area contributed by atoms with Crippen molar-refractivity contribution < 1.29 is 13.7 Å². The average Bonchev–Trinajstić information content (AvgIpc) is 3.08. The maximum Gasteiger partial charge on any atom is 0.234 e. The summed E-state index contributed by atoms with van der Waals surface area (Å²) >= 11 is 0. The molecule has 1 aromatic heterocycles. The SMILES string of the molecule is O=C(CN1CCCC(c2nc(-c3cccc(F)c3)no2)C1)NC1CCCCCC1. The minimum atomic E-state index is -0.322. The first-order valence-electron chi connectivity index (χ1n) is 10.8. The maximum atomic E-state index is 13.4. The Hall–Kier alpha value is -2.28. The van der Waals surface area contributed by atoms with Crippen molar-refractivity contribution in [2.45, 2.75) is 63.3 Å². The molecule has 2 aromatic rings. The van der Waals surface area contributed by atoms with Gasteiger partial charge in [0.1, 0.15) is 5.82 Å². The maximum absolute atomic E-state index is 13.4. The van der Waals surface area contributed by atoms with Crippen LogP contribution in [0.5, 0.6) is 0 Å². The Labute approximate surface area is 170 Å². The number of hydrogen-bond donors (Lipinski definition) is 1. The first-order chi connectivity index (χ1) is 14.2. The number of benzene rings is 1. The summed E-state index contributed by atoms with van der Waals surface area (Å²) in [6, 6.07) is 6.53. The van der Waals surface area contributed by atoms with E-state index < -0.39 is 0 Å². The van der Waals surface area contributed by atoms with Crippen LogP contribution in [0.15, 0.2) is 28.8 Å². The summed E-state index contributed by atoms with van der Waals surface area (Å²) in [7, 11) is 0. The van der Waals surface area contributed by atoms with Crippen LogP contribution in [-0.4, -0.2) is 46.6 Å². The highest BCUT2D eigenvalue weighted by Gasteiger charge is 2.27. The molecule has 2 aliphatic rings. The monoisotopic (exact) mass is 400 g/mol. The molecule has 2 fully saturated rings. The van der Waals surface area contributed by atoms with Gasteiger partial charge in [0.2, 0.25) is 17.6 Å². The van der Waals surface area contributed by atoms with Crippen LogP contribution >= 0.6 is 0 Å². The largest absolute Gasteiger partial charge is 0.352 e. The molecule has 1 aromatic carbocycles. The van der Waals surface area contributed by atoms with Crippen LogP contribution in [0.3, 0.4) is 0 Å². The number of carbonyl (C=O) groups is 1. The molecule has 6 nitrogen and oxygen atoms in total. The minimum absolute atomic E-state index is 0.101. The van der Waals surface area contributed by atoms with Crippen molar-refractivity contribution in [2.24, 2.45) is 0 Å². The highest BCUT2D eigenvalue weighted by Crippen LogP contribution is 2.27. The van der Waals surface area contributed by atoms with E-state index in [2.05, 4.69) is 20.4 Å². The Morgan fingerprint density at radius 1 is 1.17 bits per heavy atom. The second-order valence-corrected chi connectivity index (χ2v) is 8.30. The summed E-state index contributed by atoms with van der Waals surface area (Å²) in [6.07, 6.45) is 9.11. The predicted octanol–water partition coefficient (Wildman–Crippen LogP) is 3.89. The first kappa shape index (κ1) is 20.0. The zero-order valence-electron chi connectivity index (χ0n) is 16.8. The van der Waals surface area contributed by atoms with Gasteiger partial charge in [0, 0.05) is 18.2 Å². The molecule has 1 saturated heterocycles. The Morgan fingerprint density at radius 3 is 2.79 bits per heavy atom. The van der Waals surface area contributed by atoms with Crippen LogP contribution in [0, 0.1) is 5.82 Å². The van der Waals surface area contributed by atoms with Crippen LogP contribution in [0.1, 0.15) is 63.2 Å². The van der Waals surface area contributed by atoms with Crippen LogP contribution < -0.4 is 5.32 Å². The summed E-state index contributed by atoms with van der Waals surface area (Å²) < 4.78 is 18.9. The fraction of sp³-hybridized carbons (Fsp3) is 0.591. The molecule has 1 atom stereocenters. The predicted molar refractivity (Wildman–Crippen MR) is 108 cm³/mol. The van der Waals surface area contributed by atoms with Gasteiger partial charge in [0.05, 0.1) is 12.5 Å². The minimum Gasteiger partial charge on any atom is -0.352 e. The van der Waals surface area contributed by atoms with Crippen LogP contribution in [-0.2, 0) is 4.79 Å². The fourth-order valence-corrected chi connectivity index (χ4v) is 4.45. The van der Waals surface area contributed by atoms with E-state index in [9.17, 15) is 9.18 Å². The topological polar surface area (TPSA) is 71.3 Å². The van der Waals surface area contributed by atoms with E-state index in [-0.39, 0.29) is 17.6 Å². The number of likely N-dealkylation sites (tertiary alicyclic amines) is 1. The quantitative estimate of drug-likeness (QED) is 0.771. The lowest BCUT2D eigenvalue weighted by Crippen LogP contribution is -2.44.